The summed E-state index contributed by atoms with van der Waals surface area (Å²) in [5, 5.41) is 0. The summed E-state index contributed by atoms with van der Waals surface area (Å²) in [4.78, 5) is 14.3. The summed E-state index contributed by atoms with van der Waals surface area (Å²) < 4.78 is 44.4. The van der Waals surface area contributed by atoms with Crippen LogP contribution in [-0.2, 0) is 4.79 Å². The maximum atomic E-state index is 11.9. The zero-order chi connectivity index (χ0) is 11.8. The monoisotopic (exact) mass is 231 g/mol. The number of fused-ring (bicyclic) bond motifs is 1. The van der Waals surface area contributed by atoms with E-state index in [0.717, 1.165) is 6.07 Å². The first-order valence-electron chi connectivity index (χ1n) is 4.10. The standard InChI is InChI=1S/C9H4F3NO3/c10-9(11,12)8(14)16-7-4-5-6(15-7)2-1-3-13-5/h1-4H. The molecular formula is C9H4F3NO3. The maximum Gasteiger partial charge on any atom is 0.491 e. The van der Waals surface area contributed by atoms with Crippen LogP contribution in [0.2, 0.25) is 0 Å². The van der Waals surface area contributed by atoms with Crippen molar-refractivity contribution in [3.8, 4) is 5.95 Å². The molecule has 0 amide bonds. The Morgan fingerprint density at radius 2 is 2.19 bits per heavy atom. The lowest BCUT2D eigenvalue weighted by atomic mass is 10.4. The molecule has 0 aliphatic carbocycles. The molecule has 7 heteroatoms. The van der Waals surface area contributed by atoms with Gasteiger partial charge in [-0.15, -0.1) is 0 Å². The molecule has 0 spiro atoms. The first-order chi connectivity index (χ1) is 7.47. The van der Waals surface area contributed by atoms with Crippen molar-refractivity contribution in [2.45, 2.75) is 6.18 Å². The van der Waals surface area contributed by atoms with Crippen LogP contribution < -0.4 is 4.74 Å². The molecule has 0 N–H and O–H groups in total. The number of pyridine rings is 1. The number of furan rings is 1. The van der Waals surface area contributed by atoms with E-state index in [1.807, 2.05) is 0 Å². The van der Waals surface area contributed by atoms with E-state index in [1.54, 1.807) is 6.07 Å². The Hall–Kier alpha value is -2.05. The first-order valence-corrected chi connectivity index (χ1v) is 4.10. The van der Waals surface area contributed by atoms with Gasteiger partial charge in [0.1, 0.15) is 5.52 Å². The lowest BCUT2D eigenvalue weighted by molar-refractivity contribution is -0.190. The van der Waals surface area contributed by atoms with Crippen molar-refractivity contribution in [1.29, 1.82) is 0 Å². The van der Waals surface area contributed by atoms with Gasteiger partial charge in [0.15, 0.2) is 5.58 Å². The smallest absolute Gasteiger partial charge is 0.424 e. The van der Waals surface area contributed by atoms with E-state index in [9.17, 15) is 18.0 Å². The average molecular weight is 231 g/mol. The molecule has 0 radical (unpaired) electrons. The highest BCUT2D eigenvalue weighted by molar-refractivity contribution is 5.80. The number of esters is 1. The van der Waals surface area contributed by atoms with Crippen LogP contribution in [0, 0.1) is 0 Å². The van der Waals surface area contributed by atoms with Crippen LogP contribution in [0.5, 0.6) is 5.95 Å². The van der Waals surface area contributed by atoms with E-state index in [1.165, 1.54) is 12.3 Å². The molecule has 0 aliphatic heterocycles. The minimum Gasteiger partial charge on any atom is -0.424 e. The quantitative estimate of drug-likeness (QED) is 0.706. The van der Waals surface area contributed by atoms with Gasteiger partial charge in [-0.2, -0.15) is 13.2 Å². The molecule has 0 aliphatic rings. The van der Waals surface area contributed by atoms with Gasteiger partial charge < -0.3 is 9.15 Å². The highest BCUT2D eigenvalue weighted by Crippen LogP contribution is 2.25. The lowest BCUT2D eigenvalue weighted by Gasteiger charge is -2.02. The minimum atomic E-state index is -5.05. The number of hydrogen-bond donors (Lipinski definition) is 0. The van der Waals surface area contributed by atoms with Gasteiger partial charge in [0.05, 0.1) is 0 Å². The molecule has 0 bridgehead atoms. The third-order valence-corrected chi connectivity index (χ3v) is 1.69. The van der Waals surface area contributed by atoms with Gasteiger partial charge in [0.2, 0.25) is 0 Å². The molecule has 2 heterocycles. The lowest BCUT2D eigenvalue weighted by Crippen LogP contribution is -2.27. The Kier molecular flexibility index (Phi) is 2.30. The molecule has 0 saturated carbocycles. The van der Waals surface area contributed by atoms with Gasteiger partial charge in [-0.1, -0.05) is 0 Å². The van der Waals surface area contributed by atoms with Crippen LogP contribution in [0.25, 0.3) is 11.1 Å². The van der Waals surface area contributed by atoms with Crippen LogP contribution in [0.4, 0.5) is 13.2 Å². The van der Waals surface area contributed by atoms with Crippen LogP contribution in [0.15, 0.2) is 28.8 Å². The second kappa shape index (κ2) is 3.51. The Balaban J connectivity index is 2.25. The average Bonchev–Trinajstić information content (AvgIpc) is 2.58. The number of carbonyl (C=O) groups is 1. The van der Waals surface area contributed by atoms with Crippen molar-refractivity contribution >= 4 is 17.1 Å². The Morgan fingerprint density at radius 1 is 1.44 bits per heavy atom. The molecule has 84 valence electrons. The fraction of sp³-hybridized carbons (Fsp3) is 0.111. The predicted octanol–water partition coefficient (Wildman–Crippen LogP) is 2.30. The fourth-order valence-electron chi connectivity index (χ4n) is 1.05. The summed E-state index contributed by atoms with van der Waals surface area (Å²) in [7, 11) is 0. The molecule has 0 saturated heterocycles. The highest BCUT2D eigenvalue weighted by Gasteiger charge is 2.42. The molecule has 16 heavy (non-hydrogen) atoms. The molecule has 2 rings (SSSR count). The topological polar surface area (TPSA) is 52.3 Å². The van der Waals surface area contributed by atoms with Crippen molar-refractivity contribution in [2.75, 3.05) is 0 Å². The molecule has 0 unspecified atom stereocenters. The van der Waals surface area contributed by atoms with Crippen LogP contribution in [-0.4, -0.2) is 17.1 Å². The summed E-state index contributed by atoms with van der Waals surface area (Å²) in [6.45, 7) is 0. The summed E-state index contributed by atoms with van der Waals surface area (Å²) in [5.74, 6) is -2.86. The van der Waals surface area contributed by atoms with Gasteiger partial charge in [-0.3, -0.25) is 4.98 Å². The number of rotatable bonds is 1. The zero-order valence-corrected chi connectivity index (χ0v) is 7.62. The molecule has 2 aromatic rings. The van der Waals surface area contributed by atoms with Crippen LogP contribution in [0.3, 0.4) is 0 Å². The molecule has 0 atom stereocenters. The van der Waals surface area contributed by atoms with E-state index < -0.39 is 18.1 Å². The van der Waals surface area contributed by atoms with Crippen LogP contribution >= 0.6 is 0 Å². The van der Waals surface area contributed by atoms with Crippen LogP contribution in [0.1, 0.15) is 0 Å². The maximum absolute atomic E-state index is 11.9. The fourth-order valence-corrected chi connectivity index (χ4v) is 1.05. The molecule has 2 aromatic heterocycles. The van der Waals surface area contributed by atoms with E-state index in [4.69, 9.17) is 4.42 Å². The minimum absolute atomic E-state index is 0.243. The van der Waals surface area contributed by atoms with E-state index in [-0.39, 0.29) is 5.58 Å². The van der Waals surface area contributed by atoms with E-state index in [2.05, 4.69) is 9.72 Å². The third kappa shape index (κ3) is 1.97. The Bertz CT molecular complexity index is 499. The second-order valence-corrected chi connectivity index (χ2v) is 2.84. The number of hydrogen-bond acceptors (Lipinski definition) is 4. The number of halogens is 3. The van der Waals surface area contributed by atoms with Crippen molar-refractivity contribution in [1.82, 2.24) is 4.98 Å². The molecule has 0 aromatic carbocycles. The van der Waals surface area contributed by atoms with Gasteiger partial charge in [-0.05, 0) is 12.1 Å². The van der Waals surface area contributed by atoms with Gasteiger partial charge in [0, 0.05) is 12.3 Å². The zero-order valence-electron chi connectivity index (χ0n) is 7.62. The summed E-state index contributed by atoms with van der Waals surface area (Å²) in [6, 6.07) is 4.15. The SMILES string of the molecule is O=C(Oc1cc2ncccc2o1)C(F)(F)F. The second-order valence-electron chi connectivity index (χ2n) is 2.84. The Labute approximate surface area is 86.6 Å². The summed E-state index contributed by atoms with van der Waals surface area (Å²) >= 11 is 0. The largest absolute Gasteiger partial charge is 0.491 e. The highest BCUT2D eigenvalue weighted by atomic mass is 19.4. The van der Waals surface area contributed by atoms with E-state index in [0.29, 0.717) is 5.52 Å². The number of carbonyl (C=O) groups excluding carboxylic acids is 1. The van der Waals surface area contributed by atoms with Gasteiger partial charge >= 0.3 is 12.1 Å². The Morgan fingerprint density at radius 3 is 2.81 bits per heavy atom. The molecule has 4 nitrogen and oxygen atoms in total. The van der Waals surface area contributed by atoms with Gasteiger partial charge in [-0.25, -0.2) is 4.79 Å². The number of alkyl halides is 3. The summed E-state index contributed by atoms with van der Waals surface area (Å²) in [5.41, 5.74) is 0.556. The van der Waals surface area contributed by atoms with E-state index >= 15 is 0 Å². The molecule has 0 fully saturated rings. The van der Waals surface area contributed by atoms with Gasteiger partial charge in [0.25, 0.3) is 5.95 Å². The van der Waals surface area contributed by atoms with Crippen molar-refractivity contribution in [2.24, 2.45) is 0 Å². The number of aromatic nitrogens is 1. The third-order valence-electron chi connectivity index (χ3n) is 1.69. The number of ether oxygens (including phenoxy) is 1. The predicted molar refractivity (Wildman–Crippen MR) is 45.7 cm³/mol. The normalized spacial score (nSPS) is 11.7. The number of nitrogens with zero attached hydrogens (tertiary/aromatic N) is 1. The summed E-state index contributed by atoms with van der Waals surface area (Å²) in [6.07, 6.45) is -3.61. The first kappa shape index (κ1) is 10.5. The van der Waals surface area contributed by atoms with Crippen molar-refractivity contribution in [3.05, 3.63) is 24.4 Å². The van der Waals surface area contributed by atoms with Crippen molar-refractivity contribution in [3.63, 3.8) is 0 Å². The van der Waals surface area contributed by atoms with Crippen molar-refractivity contribution < 1.29 is 27.1 Å². The molecular weight excluding hydrogens is 227 g/mol.